The van der Waals surface area contributed by atoms with Gasteiger partial charge in [0.25, 0.3) is 0 Å². The number of nitrogens with zero attached hydrogens (tertiary/aromatic N) is 1. The fourth-order valence-corrected chi connectivity index (χ4v) is 2.31. The highest BCUT2D eigenvalue weighted by atomic mass is 19.1. The van der Waals surface area contributed by atoms with E-state index in [-0.39, 0.29) is 18.2 Å². The predicted molar refractivity (Wildman–Crippen MR) is 80.9 cm³/mol. The second-order valence-electron chi connectivity index (χ2n) is 4.88. The van der Waals surface area contributed by atoms with Crippen molar-refractivity contribution < 1.29 is 13.9 Å². The summed E-state index contributed by atoms with van der Waals surface area (Å²) in [6.45, 7) is -0.206. The minimum atomic E-state index is -0.376. The molecular formula is C18H13F2NO. The van der Waals surface area contributed by atoms with Crippen LogP contribution in [-0.4, -0.2) is 10.1 Å². The first-order valence-corrected chi connectivity index (χ1v) is 6.80. The topological polar surface area (TPSA) is 33.1 Å². The fourth-order valence-electron chi connectivity index (χ4n) is 2.31. The minimum Gasteiger partial charge on any atom is -0.392 e. The molecule has 3 rings (SSSR count). The molecule has 0 radical (unpaired) electrons. The van der Waals surface area contributed by atoms with Gasteiger partial charge < -0.3 is 5.11 Å². The number of benzene rings is 2. The summed E-state index contributed by atoms with van der Waals surface area (Å²) in [7, 11) is 0. The van der Waals surface area contributed by atoms with Gasteiger partial charge in [0, 0.05) is 16.7 Å². The summed E-state index contributed by atoms with van der Waals surface area (Å²) in [4.78, 5) is 4.47. The molecule has 0 spiro atoms. The third-order valence-electron chi connectivity index (χ3n) is 3.37. The lowest BCUT2D eigenvalue weighted by molar-refractivity contribution is 0.282. The van der Waals surface area contributed by atoms with Crippen LogP contribution in [0, 0.1) is 11.6 Å². The smallest absolute Gasteiger partial charge is 0.123 e. The second kappa shape index (κ2) is 6.03. The largest absolute Gasteiger partial charge is 0.392 e. The van der Waals surface area contributed by atoms with Gasteiger partial charge in [-0.1, -0.05) is 30.3 Å². The standard InChI is InChI=1S/C18H13F2NO/c19-15-5-1-3-12(9-15)17-8-7-14(11-22)18(21-17)13-4-2-6-16(20)10-13/h1-10,22H,11H2. The molecule has 2 aromatic carbocycles. The average Bonchev–Trinajstić information content (AvgIpc) is 2.54. The number of aliphatic hydroxyl groups excluding tert-OH is 1. The zero-order valence-electron chi connectivity index (χ0n) is 11.6. The SMILES string of the molecule is OCc1ccc(-c2cccc(F)c2)nc1-c1cccc(F)c1. The van der Waals surface area contributed by atoms with Gasteiger partial charge in [-0.05, 0) is 30.3 Å². The van der Waals surface area contributed by atoms with Crippen LogP contribution in [0.15, 0.2) is 60.7 Å². The lowest BCUT2D eigenvalue weighted by Crippen LogP contribution is -1.96. The maximum atomic E-state index is 13.4. The van der Waals surface area contributed by atoms with Crippen molar-refractivity contribution in [2.75, 3.05) is 0 Å². The first-order chi connectivity index (χ1) is 10.7. The molecule has 4 heteroatoms. The number of pyridine rings is 1. The molecule has 22 heavy (non-hydrogen) atoms. The van der Waals surface area contributed by atoms with Crippen LogP contribution >= 0.6 is 0 Å². The Morgan fingerprint density at radius 1 is 0.818 bits per heavy atom. The Kier molecular flexibility index (Phi) is 3.94. The van der Waals surface area contributed by atoms with Gasteiger partial charge in [-0.25, -0.2) is 13.8 Å². The van der Waals surface area contributed by atoms with Crippen LogP contribution in [0.25, 0.3) is 22.5 Å². The van der Waals surface area contributed by atoms with E-state index in [0.717, 1.165) is 0 Å². The molecule has 0 atom stereocenters. The van der Waals surface area contributed by atoms with E-state index in [1.165, 1.54) is 24.3 Å². The van der Waals surface area contributed by atoms with E-state index < -0.39 is 0 Å². The molecule has 0 amide bonds. The molecule has 0 bridgehead atoms. The molecule has 1 N–H and O–H groups in total. The van der Waals surface area contributed by atoms with Gasteiger partial charge in [0.2, 0.25) is 0 Å². The van der Waals surface area contributed by atoms with Crippen molar-refractivity contribution in [3.63, 3.8) is 0 Å². The van der Waals surface area contributed by atoms with Gasteiger partial charge in [-0.2, -0.15) is 0 Å². The molecule has 0 saturated heterocycles. The third-order valence-corrected chi connectivity index (χ3v) is 3.37. The normalized spacial score (nSPS) is 10.7. The van der Waals surface area contributed by atoms with Gasteiger partial charge in [0.15, 0.2) is 0 Å². The summed E-state index contributed by atoms with van der Waals surface area (Å²) in [6, 6.07) is 15.5. The first-order valence-electron chi connectivity index (χ1n) is 6.80. The summed E-state index contributed by atoms with van der Waals surface area (Å²) >= 11 is 0. The van der Waals surface area contributed by atoms with E-state index >= 15 is 0 Å². The van der Waals surface area contributed by atoms with Crippen molar-refractivity contribution in [3.05, 3.63) is 77.9 Å². The van der Waals surface area contributed by atoms with E-state index in [2.05, 4.69) is 4.98 Å². The Bertz CT molecular complexity index is 818. The highest BCUT2D eigenvalue weighted by Gasteiger charge is 2.10. The number of hydrogen-bond donors (Lipinski definition) is 1. The Balaban J connectivity index is 2.14. The number of rotatable bonds is 3. The lowest BCUT2D eigenvalue weighted by atomic mass is 10.0. The number of halogens is 2. The van der Waals surface area contributed by atoms with Crippen LogP contribution in [-0.2, 0) is 6.61 Å². The summed E-state index contributed by atoms with van der Waals surface area (Å²) in [5.74, 6) is -0.725. The monoisotopic (exact) mass is 297 g/mol. The van der Waals surface area contributed by atoms with Crippen LogP contribution in [0.2, 0.25) is 0 Å². The van der Waals surface area contributed by atoms with E-state index in [0.29, 0.717) is 28.1 Å². The molecule has 2 nitrogen and oxygen atoms in total. The third kappa shape index (κ3) is 2.87. The zero-order valence-corrected chi connectivity index (χ0v) is 11.6. The quantitative estimate of drug-likeness (QED) is 0.786. The van der Waals surface area contributed by atoms with Crippen molar-refractivity contribution >= 4 is 0 Å². The molecule has 1 heterocycles. The summed E-state index contributed by atoms with van der Waals surface area (Å²) in [5, 5.41) is 9.46. The van der Waals surface area contributed by atoms with E-state index in [4.69, 9.17) is 0 Å². The molecule has 110 valence electrons. The highest BCUT2D eigenvalue weighted by molar-refractivity contribution is 5.68. The number of aromatic nitrogens is 1. The predicted octanol–water partition coefficient (Wildman–Crippen LogP) is 4.19. The van der Waals surface area contributed by atoms with Crippen LogP contribution in [0.3, 0.4) is 0 Å². The van der Waals surface area contributed by atoms with Gasteiger partial charge >= 0.3 is 0 Å². The Labute approximate surface area is 126 Å². The first kappa shape index (κ1) is 14.4. The number of hydrogen-bond acceptors (Lipinski definition) is 2. The Hall–Kier alpha value is -2.59. The fraction of sp³-hybridized carbons (Fsp3) is 0.0556. The summed E-state index contributed by atoms with van der Waals surface area (Å²) < 4.78 is 26.8. The maximum absolute atomic E-state index is 13.4. The molecule has 0 aliphatic carbocycles. The van der Waals surface area contributed by atoms with Crippen LogP contribution in [0.5, 0.6) is 0 Å². The molecule has 1 aromatic heterocycles. The van der Waals surface area contributed by atoms with E-state index in [1.807, 2.05) is 0 Å². The summed E-state index contributed by atoms with van der Waals surface area (Å²) in [5.41, 5.74) is 2.84. The molecule has 0 saturated carbocycles. The molecule has 0 unspecified atom stereocenters. The average molecular weight is 297 g/mol. The molecular weight excluding hydrogens is 284 g/mol. The molecule has 0 aliphatic heterocycles. The highest BCUT2D eigenvalue weighted by Crippen LogP contribution is 2.27. The molecule has 3 aromatic rings. The second-order valence-corrected chi connectivity index (χ2v) is 4.88. The van der Waals surface area contributed by atoms with Gasteiger partial charge in [0.05, 0.1) is 18.0 Å². The molecule has 0 aliphatic rings. The number of aliphatic hydroxyl groups is 1. The van der Waals surface area contributed by atoms with Crippen LogP contribution in [0.4, 0.5) is 8.78 Å². The van der Waals surface area contributed by atoms with Gasteiger partial charge in [-0.3, -0.25) is 0 Å². The lowest BCUT2D eigenvalue weighted by Gasteiger charge is -2.10. The van der Waals surface area contributed by atoms with Crippen LogP contribution in [0.1, 0.15) is 5.56 Å². The summed E-state index contributed by atoms with van der Waals surface area (Å²) in [6.07, 6.45) is 0. The minimum absolute atomic E-state index is 0.206. The van der Waals surface area contributed by atoms with E-state index in [1.54, 1.807) is 36.4 Å². The van der Waals surface area contributed by atoms with Gasteiger partial charge in [-0.15, -0.1) is 0 Å². The van der Waals surface area contributed by atoms with Crippen LogP contribution < -0.4 is 0 Å². The van der Waals surface area contributed by atoms with Crippen molar-refractivity contribution in [2.24, 2.45) is 0 Å². The zero-order chi connectivity index (χ0) is 15.5. The van der Waals surface area contributed by atoms with Crippen molar-refractivity contribution in [1.82, 2.24) is 4.98 Å². The molecule has 0 fully saturated rings. The van der Waals surface area contributed by atoms with Gasteiger partial charge in [0.1, 0.15) is 11.6 Å². The van der Waals surface area contributed by atoms with E-state index in [9.17, 15) is 13.9 Å². The Morgan fingerprint density at radius 3 is 2.09 bits per heavy atom. The van der Waals surface area contributed by atoms with Crippen molar-refractivity contribution in [1.29, 1.82) is 0 Å². The van der Waals surface area contributed by atoms with Crippen molar-refractivity contribution in [3.8, 4) is 22.5 Å². The van der Waals surface area contributed by atoms with Crippen molar-refractivity contribution in [2.45, 2.75) is 6.61 Å². The Morgan fingerprint density at radius 2 is 1.45 bits per heavy atom. The maximum Gasteiger partial charge on any atom is 0.123 e.